The van der Waals surface area contributed by atoms with Crippen molar-refractivity contribution in [2.24, 2.45) is 0 Å². The van der Waals surface area contributed by atoms with Crippen LogP contribution in [0, 0.1) is 16.7 Å². The highest BCUT2D eigenvalue weighted by Gasteiger charge is 2.39. The summed E-state index contributed by atoms with van der Waals surface area (Å²) in [5, 5.41) is 14.0. The third-order valence-corrected chi connectivity index (χ3v) is 7.61. The van der Waals surface area contributed by atoms with Crippen LogP contribution in [0.3, 0.4) is 0 Å². The minimum absolute atomic E-state index is 0.129. The van der Waals surface area contributed by atoms with Crippen molar-refractivity contribution in [3.63, 3.8) is 0 Å². The van der Waals surface area contributed by atoms with Gasteiger partial charge in [-0.05, 0) is 56.4 Å². The first-order chi connectivity index (χ1) is 20.3. The van der Waals surface area contributed by atoms with Gasteiger partial charge in [0.2, 0.25) is 5.91 Å². The van der Waals surface area contributed by atoms with Crippen molar-refractivity contribution >= 4 is 28.7 Å². The van der Waals surface area contributed by atoms with E-state index in [1.807, 2.05) is 0 Å². The highest BCUT2D eigenvalue weighted by atomic mass is 19.4. The zero-order valence-electron chi connectivity index (χ0n) is 22.9. The highest BCUT2D eigenvalue weighted by Crippen LogP contribution is 2.40. The van der Waals surface area contributed by atoms with Gasteiger partial charge in [-0.15, -0.1) is 0 Å². The lowest BCUT2D eigenvalue weighted by Gasteiger charge is -2.30. The zero-order chi connectivity index (χ0) is 31.4. The SMILES string of the molecule is [C-]#[N+]c1ccc(N2CCCN(C(=O)COC3CCC(Nc4ccc([N+](=O)[O-])c(C(F)(F)F)c4)CC3)CC2)cc1C(F)(F)F. The Kier molecular flexibility index (Phi) is 9.69. The van der Waals surface area contributed by atoms with Gasteiger partial charge in [0, 0.05) is 49.7 Å². The molecule has 4 rings (SSSR count). The van der Waals surface area contributed by atoms with E-state index in [1.54, 1.807) is 9.80 Å². The van der Waals surface area contributed by atoms with Crippen LogP contribution >= 0.6 is 0 Å². The van der Waals surface area contributed by atoms with Gasteiger partial charge in [-0.1, -0.05) is 6.07 Å². The normalized spacial score (nSPS) is 19.8. The summed E-state index contributed by atoms with van der Waals surface area (Å²) >= 11 is 0. The Bertz CT molecular complexity index is 1370. The number of benzene rings is 2. The third kappa shape index (κ3) is 8.07. The van der Waals surface area contributed by atoms with Crippen LogP contribution in [0.15, 0.2) is 36.4 Å². The predicted octanol–water partition coefficient (Wildman–Crippen LogP) is 6.66. The van der Waals surface area contributed by atoms with E-state index in [9.17, 15) is 41.3 Å². The zero-order valence-corrected chi connectivity index (χ0v) is 22.9. The number of ether oxygens (including phenoxy) is 1. The number of halogens is 6. The highest BCUT2D eigenvalue weighted by molar-refractivity contribution is 5.77. The van der Waals surface area contributed by atoms with Gasteiger partial charge in [0.1, 0.15) is 12.2 Å². The number of carbonyl (C=O) groups is 1. The molecule has 0 spiro atoms. The molecular weight excluding hydrogens is 584 g/mol. The van der Waals surface area contributed by atoms with Gasteiger partial charge < -0.3 is 19.9 Å². The van der Waals surface area contributed by atoms with E-state index in [1.165, 1.54) is 12.1 Å². The molecule has 1 aliphatic heterocycles. The Morgan fingerprint density at radius 3 is 2.30 bits per heavy atom. The minimum atomic E-state index is -4.87. The molecule has 1 amide bonds. The first-order valence-corrected chi connectivity index (χ1v) is 13.6. The predicted molar refractivity (Wildman–Crippen MR) is 145 cm³/mol. The standard InChI is InChI=1S/C28H29F6N5O4/c1-35-24-9-6-20(16-22(24)27(29,30)31)37-11-2-12-38(14-13-37)26(40)17-43-21-7-3-18(4-8-21)36-19-5-10-25(39(41)42)23(15-19)28(32,33)34/h5-6,9-10,15-16,18,21,36H,2-4,7-8,11-14,17H2. The molecule has 1 aliphatic carbocycles. The molecule has 1 saturated carbocycles. The van der Waals surface area contributed by atoms with E-state index < -0.39 is 39.8 Å². The van der Waals surface area contributed by atoms with Gasteiger partial charge in [0.05, 0.1) is 23.2 Å². The average molecular weight is 614 g/mol. The van der Waals surface area contributed by atoms with Crippen molar-refractivity contribution in [3.05, 3.63) is 69.1 Å². The van der Waals surface area contributed by atoms with E-state index >= 15 is 0 Å². The Balaban J connectivity index is 1.25. The van der Waals surface area contributed by atoms with E-state index in [2.05, 4.69) is 10.2 Å². The number of rotatable bonds is 7. The van der Waals surface area contributed by atoms with Crippen LogP contribution < -0.4 is 10.2 Å². The van der Waals surface area contributed by atoms with Crippen molar-refractivity contribution in [1.29, 1.82) is 0 Å². The Morgan fingerprint density at radius 1 is 0.977 bits per heavy atom. The number of nitro groups is 1. The fourth-order valence-corrected chi connectivity index (χ4v) is 5.37. The van der Waals surface area contributed by atoms with Crippen molar-refractivity contribution in [1.82, 2.24) is 4.90 Å². The molecule has 2 aromatic rings. The smallest absolute Gasteiger partial charge is 0.382 e. The molecular formula is C28H29F6N5O4. The quantitative estimate of drug-likeness (QED) is 0.163. The van der Waals surface area contributed by atoms with Gasteiger partial charge in [-0.25, -0.2) is 4.85 Å². The van der Waals surface area contributed by atoms with Crippen molar-refractivity contribution in [2.45, 2.75) is 56.6 Å². The molecule has 9 nitrogen and oxygen atoms in total. The second-order valence-corrected chi connectivity index (χ2v) is 10.4. The molecule has 0 aromatic heterocycles. The molecule has 1 saturated heterocycles. The number of amides is 1. The summed E-state index contributed by atoms with van der Waals surface area (Å²) in [5.41, 5.74) is -3.33. The molecule has 1 N–H and O–H groups in total. The van der Waals surface area contributed by atoms with Gasteiger partial charge in [0.25, 0.3) is 5.69 Å². The summed E-state index contributed by atoms with van der Waals surface area (Å²) in [4.78, 5) is 29.1. The third-order valence-electron chi connectivity index (χ3n) is 7.61. The van der Waals surface area contributed by atoms with E-state index in [-0.39, 0.29) is 30.3 Å². The molecule has 0 bridgehead atoms. The maximum absolute atomic E-state index is 13.4. The van der Waals surface area contributed by atoms with E-state index in [4.69, 9.17) is 11.3 Å². The number of carbonyl (C=O) groups excluding carboxylic acids is 1. The summed E-state index contributed by atoms with van der Waals surface area (Å²) < 4.78 is 85.8. The molecule has 0 atom stereocenters. The van der Waals surface area contributed by atoms with E-state index in [0.717, 1.165) is 24.3 Å². The lowest BCUT2D eigenvalue weighted by atomic mass is 9.92. The monoisotopic (exact) mass is 613 g/mol. The van der Waals surface area contributed by atoms with Crippen LogP contribution in [0.5, 0.6) is 0 Å². The molecule has 2 aromatic carbocycles. The molecule has 0 radical (unpaired) electrons. The maximum Gasteiger partial charge on any atom is 0.423 e. The minimum Gasteiger partial charge on any atom is -0.382 e. The van der Waals surface area contributed by atoms with Crippen LogP contribution in [0.25, 0.3) is 4.85 Å². The molecule has 43 heavy (non-hydrogen) atoms. The lowest BCUT2D eigenvalue weighted by Crippen LogP contribution is -2.39. The maximum atomic E-state index is 13.4. The Hall–Kier alpha value is -4.06. The number of anilines is 2. The summed E-state index contributed by atoms with van der Waals surface area (Å²) in [6, 6.07) is 6.24. The fraction of sp³-hybridized carbons (Fsp3) is 0.500. The Morgan fingerprint density at radius 2 is 1.67 bits per heavy atom. The first-order valence-electron chi connectivity index (χ1n) is 13.6. The molecule has 2 aliphatic rings. The van der Waals surface area contributed by atoms with Gasteiger partial charge in [-0.3, -0.25) is 14.9 Å². The van der Waals surface area contributed by atoms with Gasteiger partial charge in [0.15, 0.2) is 5.69 Å². The average Bonchev–Trinajstić information content (AvgIpc) is 3.22. The van der Waals surface area contributed by atoms with Crippen LogP contribution in [0.2, 0.25) is 0 Å². The lowest BCUT2D eigenvalue weighted by molar-refractivity contribution is -0.388. The van der Waals surface area contributed by atoms with E-state index in [0.29, 0.717) is 64.0 Å². The second-order valence-electron chi connectivity index (χ2n) is 10.4. The second kappa shape index (κ2) is 13.1. The van der Waals surface area contributed by atoms with Crippen molar-refractivity contribution in [2.75, 3.05) is 43.0 Å². The topological polar surface area (TPSA) is 92.3 Å². The molecule has 2 fully saturated rings. The molecule has 0 unspecified atom stereocenters. The number of alkyl halides is 6. The van der Waals surface area contributed by atoms with Crippen LogP contribution in [-0.4, -0.2) is 60.7 Å². The summed E-state index contributed by atoms with van der Waals surface area (Å²) in [5.74, 6) is -0.244. The van der Waals surface area contributed by atoms with Crippen LogP contribution in [0.1, 0.15) is 43.2 Å². The fourth-order valence-electron chi connectivity index (χ4n) is 5.37. The summed E-state index contributed by atoms with van der Waals surface area (Å²) in [6.07, 6.45) is -6.99. The number of hydrogen-bond acceptors (Lipinski definition) is 6. The molecule has 15 heteroatoms. The first kappa shape index (κ1) is 31.9. The number of nitrogens with zero attached hydrogens (tertiary/aromatic N) is 4. The van der Waals surface area contributed by atoms with Gasteiger partial charge in [-0.2, -0.15) is 26.3 Å². The summed E-state index contributed by atoms with van der Waals surface area (Å²) in [7, 11) is 0. The van der Waals surface area contributed by atoms with Crippen LogP contribution in [0.4, 0.5) is 49.1 Å². The summed E-state index contributed by atoms with van der Waals surface area (Å²) in [6.45, 7) is 8.29. The van der Waals surface area contributed by atoms with Gasteiger partial charge >= 0.3 is 12.4 Å². The van der Waals surface area contributed by atoms with Crippen LogP contribution in [-0.2, 0) is 21.9 Å². The largest absolute Gasteiger partial charge is 0.423 e. The molecule has 1 heterocycles. The Labute approximate surface area is 243 Å². The molecule has 232 valence electrons. The number of nitro benzene ring substituents is 1. The van der Waals surface area contributed by atoms with Crippen molar-refractivity contribution in [3.8, 4) is 0 Å². The number of nitrogens with one attached hydrogen (secondary N) is 1. The van der Waals surface area contributed by atoms with Crippen molar-refractivity contribution < 1.29 is 40.8 Å². The number of hydrogen-bond donors (Lipinski definition) is 1.